The van der Waals surface area contributed by atoms with Crippen LogP contribution in [0.3, 0.4) is 0 Å². The first-order valence-electron chi connectivity index (χ1n) is 14.5. The number of ether oxygens (including phenoxy) is 1. The van der Waals surface area contributed by atoms with E-state index < -0.39 is 41.5 Å². The Labute approximate surface area is 243 Å². The maximum atomic E-state index is 13.8. The molecule has 0 aliphatic carbocycles. The van der Waals surface area contributed by atoms with Crippen molar-refractivity contribution in [1.29, 1.82) is 0 Å². The molecule has 3 aromatic rings. The number of unbranched alkanes of at least 4 members (excludes halogenated alkanes) is 1. The average molecular weight is 564 g/mol. The Morgan fingerprint density at radius 1 is 0.951 bits per heavy atom. The maximum Gasteiger partial charge on any atom is 0.329 e. The Balaban J connectivity index is 1.76. The van der Waals surface area contributed by atoms with Gasteiger partial charge in [-0.25, -0.2) is 9.59 Å². The van der Waals surface area contributed by atoms with Gasteiger partial charge in [0.2, 0.25) is 5.91 Å². The molecule has 0 aliphatic heterocycles. The molecule has 6 N–H and O–H groups in total. The first-order chi connectivity index (χ1) is 19.6. The number of fused-ring (bicyclic) bond motifs is 1. The standard InChI is InChI=1S/C32H45N5O4/c1-22(25-21-35-26-17-9-8-16-24(25)26)28(37-31(40)34-20-12-15-23-13-6-5-7-14-23)29(38)36-27(18-10-11-19-33)30(39)41-32(2,3)4/h5-9,13-14,16-17,21-22,27-28,35H,10-12,15,18-20,33H2,1-4H3,(H,36,38)(H2,34,37,40)/t22-,27+,28+/m0/s1. The van der Waals surface area contributed by atoms with Crippen molar-refractivity contribution in [3.63, 3.8) is 0 Å². The summed E-state index contributed by atoms with van der Waals surface area (Å²) in [6, 6.07) is 15.6. The van der Waals surface area contributed by atoms with E-state index in [-0.39, 0.29) is 0 Å². The summed E-state index contributed by atoms with van der Waals surface area (Å²) in [6.45, 7) is 8.20. The van der Waals surface area contributed by atoms with Crippen molar-refractivity contribution in [1.82, 2.24) is 20.9 Å². The summed E-state index contributed by atoms with van der Waals surface area (Å²) in [6.07, 6.45) is 5.21. The third-order valence-corrected chi connectivity index (χ3v) is 6.91. The zero-order valence-electron chi connectivity index (χ0n) is 24.7. The van der Waals surface area contributed by atoms with E-state index in [1.54, 1.807) is 20.8 Å². The third kappa shape index (κ3) is 9.93. The van der Waals surface area contributed by atoms with Gasteiger partial charge < -0.3 is 31.4 Å². The van der Waals surface area contributed by atoms with Crippen LogP contribution < -0.4 is 21.7 Å². The number of esters is 1. The van der Waals surface area contributed by atoms with Crippen LogP contribution in [0.5, 0.6) is 0 Å². The van der Waals surface area contributed by atoms with Crippen molar-refractivity contribution in [3.05, 3.63) is 71.9 Å². The van der Waals surface area contributed by atoms with E-state index in [4.69, 9.17) is 10.5 Å². The molecule has 0 fully saturated rings. The molecule has 2 aromatic carbocycles. The summed E-state index contributed by atoms with van der Waals surface area (Å²) in [5.41, 5.74) is 7.98. The van der Waals surface area contributed by atoms with Gasteiger partial charge in [-0.05, 0) is 76.6 Å². The van der Waals surface area contributed by atoms with E-state index >= 15 is 0 Å². The van der Waals surface area contributed by atoms with Gasteiger partial charge in [0.25, 0.3) is 0 Å². The SMILES string of the molecule is C[C@@H](c1c[nH]c2ccccc12)[C@@H](NC(=O)NCCCc1ccccc1)C(=O)N[C@H](CCCCN)C(=O)OC(C)(C)C. The fraction of sp³-hybridized carbons (Fsp3) is 0.469. The minimum Gasteiger partial charge on any atom is -0.458 e. The molecule has 41 heavy (non-hydrogen) atoms. The maximum absolute atomic E-state index is 13.8. The summed E-state index contributed by atoms with van der Waals surface area (Å²) < 4.78 is 5.59. The number of benzene rings is 2. The highest BCUT2D eigenvalue weighted by Crippen LogP contribution is 2.28. The molecule has 222 valence electrons. The predicted octanol–water partition coefficient (Wildman–Crippen LogP) is 4.53. The number of amides is 3. The summed E-state index contributed by atoms with van der Waals surface area (Å²) in [7, 11) is 0. The molecule has 0 spiro atoms. The molecule has 0 saturated carbocycles. The van der Waals surface area contributed by atoms with Gasteiger partial charge in [0.15, 0.2) is 0 Å². The van der Waals surface area contributed by atoms with Crippen LogP contribution in [0.2, 0.25) is 0 Å². The van der Waals surface area contributed by atoms with Gasteiger partial charge in [0.05, 0.1) is 0 Å². The second kappa shape index (κ2) is 15.2. The quantitative estimate of drug-likeness (QED) is 0.145. The summed E-state index contributed by atoms with van der Waals surface area (Å²) in [5, 5.41) is 9.60. The molecule has 0 aliphatic rings. The fourth-order valence-corrected chi connectivity index (χ4v) is 4.78. The molecular formula is C32H45N5O4. The number of nitrogens with one attached hydrogen (secondary N) is 4. The van der Waals surface area contributed by atoms with E-state index in [0.717, 1.165) is 29.3 Å². The van der Waals surface area contributed by atoms with Crippen LogP contribution in [0.25, 0.3) is 10.9 Å². The van der Waals surface area contributed by atoms with Gasteiger partial charge in [-0.15, -0.1) is 0 Å². The van der Waals surface area contributed by atoms with E-state index in [2.05, 4.69) is 33.1 Å². The van der Waals surface area contributed by atoms with E-state index in [1.165, 1.54) is 5.56 Å². The van der Waals surface area contributed by atoms with Crippen molar-refractivity contribution in [2.45, 2.75) is 83.4 Å². The van der Waals surface area contributed by atoms with Crippen molar-refractivity contribution >= 4 is 28.8 Å². The second-order valence-corrected chi connectivity index (χ2v) is 11.4. The Hall–Kier alpha value is -3.85. The molecule has 3 rings (SSSR count). The molecule has 3 atom stereocenters. The average Bonchev–Trinajstić information content (AvgIpc) is 3.37. The number of aromatic nitrogens is 1. The Morgan fingerprint density at radius 2 is 1.66 bits per heavy atom. The number of hydrogen-bond donors (Lipinski definition) is 5. The largest absolute Gasteiger partial charge is 0.458 e. The van der Waals surface area contributed by atoms with Gasteiger partial charge >= 0.3 is 12.0 Å². The number of hydrogen-bond acceptors (Lipinski definition) is 5. The highest BCUT2D eigenvalue weighted by molar-refractivity contribution is 5.92. The lowest BCUT2D eigenvalue weighted by molar-refractivity contribution is -0.159. The zero-order chi connectivity index (χ0) is 29.8. The molecule has 9 nitrogen and oxygen atoms in total. The minimum atomic E-state index is -0.942. The lowest BCUT2D eigenvalue weighted by Crippen LogP contribution is -2.56. The summed E-state index contributed by atoms with van der Waals surface area (Å²) in [5.74, 6) is -1.36. The van der Waals surface area contributed by atoms with Crippen molar-refractivity contribution in [3.8, 4) is 0 Å². The number of carbonyl (C=O) groups is 3. The Kier molecular flexibility index (Phi) is 11.8. The van der Waals surface area contributed by atoms with Crippen LogP contribution >= 0.6 is 0 Å². The van der Waals surface area contributed by atoms with Crippen molar-refractivity contribution in [2.24, 2.45) is 5.73 Å². The van der Waals surface area contributed by atoms with Gasteiger partial charge in [-0.2, -0.15) is 0 Å². The molecule has 3 amide bonds. The van der Waals surface area contributed by atoms with Crippen molar-refractivity contribution in [2.75, 3.05) is 13.1 Å². The number of nitrogens with two attached hydrogens (primary N) is 1. The molecule has 0 saturated heterocycles. The third-order valence-electron chi connectivity index (χ3n) is 6.91. The lowest BCUT2D eigenvalue weighted by atomic mass is 9.92. The van der Waals surface area contributed by atoms with E-state index in [0.29, 0.717) is 32.4 Å². The molecular weight excluding hydrogens is 518 g/mol. The Bertz CT molecular complexity index is 1270. The smallest absolute Gasteiger partial charge is 0.329 e. The van der Waals surface area contributed by atoms with E-state index in [1.807, 2.05) is 55.6 Å². The number of H-pyrrole nitrogens is 1. The number of aromatic amines is 1. The normalized spacial score (nSPS) is 13.7. The molecule has 0 unspecified atom stereocenters. The molecule has 1 heterocycles. The van der Waals surface area contributed by atoms with Crippen LogP contribution in [0.15, 0.2) is 60.8 Å². The number of rotatable bonds is 14. The van der Waals surface area contributed by atoms with Crippen LogP contribution in [0.1, 0.15) is 70.4 Å². The topological polar surface area (TPSA) is 138 Å². The number of para-hydroxylation sites is 1. The molecule has 9 heteroatoms. The summed E-state index contributed by atoms with van der Waals surface area (Å²) >= 11 is 0. The first-order valence-corrected chi connectivity index (χ1v) is 14.5. The predicted molar refractivity (Wildman–Crippen MR) is 162 cm³/mol. The zero-order valence-corrected chi connectivity index (χ0v) is 24.7. The highest BCUT2D eigenvalue weighted by Gasteiger charge is 2.33. The number of urea groups is 1. The fourth-order valence-electron chi connectivity index (χ4n) is 4.78. The van der Waals surface area contributed by atoms with Gasteiger partial charge in [0.1, 0.15) is 17.7 Å². The van der Waals surface area contributed by atoms with Crippen LogP contribution in [0.4, 0.5) is 4.79 Å². The van der Waals surface area contributed by atoms with Gasteiger partial charge in [0, 0.05) is 29.6 Å². The highest BCUT2D eigenvalue weighted by atomic mass is 16.6. The lowest BCUT2D eigenvalue weighted by Gasteiger charge is -2.28. The molecule has 0 bridgehead atoms. The van der Waals surface area contributed by atoms with Crippen molar-refractivity contribution < 1.29 is 19.1 Å². The number of carbonyl (C=O) groups excluding carboxylic acids is 3. The van der Waals surface area contributed by atoms with E-state index in [9.17, 15) is 14.4 Å². The molecule has 0 radical (unpaired) electrons. The van der Waals surface area contributed by atoms with Crippen LogP contribution in [-0.4, -0.2) is 53.7 Å². The molecule has 1 aromatic heterocycles. The first kappa shape index (κ1) is 31.7. The Morgan fingerprint density at radius 3 is 2.37 bits per heavy atom. The monoisotopic (exact) mass is 563 g/mol. The minimum absolute atomic E-state index is 0.387. The summed E-state index contributed by atoms with van der Waals surface area (Å²) in [4.78, 5) is 43.1. The van der Waals surface area contributed by atoms with Gasteiger partial charge in [-0.1, -0.05) is 55.5 Å². The van der Waals surface area contributed by atoms with Crippen LogP contribution in [-0.2, 0) is 20.7 Å². The number of aryl methyl sites for hydroxylation is 1. The second-order valence-electron chi connectivity index (χ2n) is 11.4. The van der Waals surface area contributed by atoms with Crippen LogP contribution in [0, 0.1) is 0 Å². The van der Waals surface area contributed by atoms with Gasteiger partial charge in [-0.3, -0.25) is 4.79 Å².